The zero-order chi connectivity index (χ0) is 17.3. The first-order chi connectivity index (χ1) is 11.5. The van der Waals surface area contributed by atoms with E-state index in [1.165, 1.54) is 0 Å². The van der Waals surface area contributed by atoms with Crippen LogP contribution in [0, 0.1) is 13.8 Å². The highest BCUT2D eigenvalue weighted by molar-refractivity contribution is 6.06. The molecule has 1 N–H and O–H groups in total. The van der Waals surface area contributed by atoms with Crippen LogP contribution in [0.5, 0.6) is 0 Å². The first-order valence-electron chi connectivity index (χ1n) is 8.09. The second-order valence-electron chi connectivity index (χ2n) is 5.92. The zero-order valence-electron chi connectivity index (χ0n) is 14.5. The van der Waals surface area contributed by atoms with Gasteiger partial charge in [-0.15, -0.1) is 0 Å². The topological polar surface area (TPSA) is 51.9 Å². The number of benzene rings is 1. The monoisotopic (exact) mass is 322 g/mol. The van der Waals surface area contributed by atoms with Crippen LogP contribution in [0.25, 0.3) is 5.82 Å². The van der Waals surface area contributed by atoms with Crippen molar-refractivity contribution in [2.45, 2.75) is 27.2 Å². The third kappa shape index (κ3) is 2.73. The Morgan fingerprint density at radius 3 is 2.46 bits per heavy atom. The lowest BCUT2D eigenvalue weighted by Crippen LogP contribution is -2.17. The summed E-state index contributed by atoms with van der Waals surface area (Å²) in [5.74, 6) is 0.632. The van der Waals surface area contributed by atoms with E-state index < -0.39 is 0 Å². The number of aryl methyl sites for hydroxylation is 4. The SMILES string of the molecule is CCc1ccccc1NC(=O)c1cnn(C)c1-n1c(C)ccc1C. The van der Waals surface area contributed by atoms with Gasteiger partial charge in [-0.05, 0) is 44.0 Å². The molecule has 3 aromatic rings. The van der Waals surface area contributed by atoms with E-state index in [2.05, 4.69) is 17.3 Å². The number of carbonyl (C=O) groups excluding carboxylic acids is 1. The normalized spacial score (nSPS) is 10.8. The molecule has 0 aliphatic rings. The molecule has 5 nitrogen and oxygen atoms in total. The number of hydrogen-bond donors (Lipinski definition) is 1. The molecule has 124 valence electrons. The Hall–Kier alpha value is -2.82. The molecule has 5 heteroatoms. The van der Waals surface area contributed by atoms with Gasteiger partial charge in [0.15, 0.2) is 0 Å². The molecule has 0 saturated heterocycles. The van der Waals surface area contributed by atoms with Crippen LogP contribution >= 0.6 is 0 Å². The number of carbonyl (C=O) groups is 1. The summed E-state index contributed by atoms with van der Waals surface area (Å²) < 4.78 is 3.79. The Labute approximate surface area is 141 Å². The first-order valence-corrected chi connectivity index (χ1v) is 8.09. The van der Waals surface area contributed by atoms with Crippen LogP contribution in [0.3, 0.4) is 0 Å². The quantitative estimate of drug-likeness (QED) is 0.797. The maximum absolute atomic E-state index is 12.9. The summed E-state index contributed by atoms with van der Waals surface area (Å²) in [7, 11) is 1.85. The van der Waals surface area contributed by atoms with Gasteiger partial charge in [0, 0.05) is 24.1 Å². The summed E-state index contributed by atoms with van der Waals surface area (Å²) in [5.41, 5.74) is 4.66. The molecule has 0 unspecified atom stereocenters. The minimum absolute atomic E-state index is 0.147. The molecule has 2 aromatic heterocycles. The molecule has 0 saturated carbocycles. The highest BCUT2D eigenvalue weighted by Crippen LogP contribution is 2.22. The molecular formula is C19H22N4O. The molecule has 0 atom stereocenters. The number of amides is 1. The standard InChI is InChI=1S/C19H22N4O/c1-5-15-8-6-7-9-17(15)21-18(24)16-12-20-22(4)19(16)23-13(2)10-11-14(23)3/h6-12H,5H2,1-4H3,(H,21,24). The van der Waals surface area contributed by atoms with Crippen molar-refractivity contribution in [3.8, 4) is 5.82 Å². The van der Waals surface area contributed by atoms with Gasteiger partial charge in [0.05, 0.1) is 6.20 Å². The van der Waals surface area contributed by atoms with Crippen LogP contribution in [-0.2, 0) is 13.5 Å². The van der Waals surface area contributed by atoms with Crippen LogP contribution < -0.4 is 5.32 Å². The maximum atomic E-state index is 12.9. The molecule has 24 heavy (non-hydrogen) atoms. The minimum atomic E-state index is -0.147. The molecule has 0 radical (unpaired) electrons. The number of rotatable bonds is 4. The smallest absolute Gasteiger partial charge is 0.261 e. The summed E-state index contributed by atoms with van der Waals surface area (Å²) in [6.45, 7) is 6.12. The lowest BCUT2D eigenvalue weighted by molar-refractivity contribution is 0.102. The van der Waals surface area contributed by atoms with Gasteiger partial charge >= 0.3 is 0 Å². The molecule has 0 spiro atoms. The first kappa shape index (κ1) is 16.1. The maximum Gasteiger partial charge on any atom is 0.261 e. The Bertz CT molecular complexity index is 869. The average molecular weight is 322 g/mol. The van der Waals surface area contributed by atoms with E-state index in [0.29, 0.717) is 5.56 Å². The van der Waals surface area contributed by atoms with E-state index in [-0.39, 0.29) is 5.91 Å². The van der Waals surface area contributed by atoms with Crippen molar-refractivity contribution in [2.24, 2.45) is 7.05 Å². The fourth-order valence-corrected chi connectivity index (χ4v) is 3.00. The molecule has 0 aliphatic heterocycles. The predicted octanol–water partition coefficient (Wildman–Crippen LogP) is 3.64. The molecular weight excluding hydrogens is 300 g/mol. The number of anilines is 1. The van der Waals surface area contributed by atoms with Gasteiger partial charge in [0.2, 0.25) is 0 Å². The second-order valence-corrected chi connectivity index (χ2v) is 5.92. The van der Waals surface area contributed by atoms with E-state index in [1.807, 2.05) is 61.9 Å². The fraction of sp³-hybridized carbons (Fsp3) is 0.263. The van der Waals surface area contributed by atoms with Crippen molar-refractivity contribution in [3.63, 3.8) is 0 Å². The van der Waals surface area contributed by atoms with E-state index in [1.54, 1.807) is 10.9 Å². The van der Waals surface area contributed by atoms with E-state index in [4.69, 9.17) is 0 Å². The average Bonchev–Trinajstić information content (AvgIpc) is 3.10. The Morgan fingerprint density at radius 1 is 1.12 bits per heavy atom. The van der Waals surface area contributed by atoms with Crippen LogP contribution in [0.15, 0.2) is 42.6 Å². The third-order valence-electron chi connectivity index (χ3n) is 4.28. The summed E-state index contributed by atoms with van der Waals surface area (Å²) in [6.07, 6.45) is 2.49. The Balaban J connectivity index is 2.01. The third-order valence-corrected chi connectivity index (χ3v) is 4.28. The minimum Gasteiger partial charge on any atom is -0.322 e. The van der Waals surface area contributed by atoms with Gasteiger partial charge in [-0.1, -0.05) is 25.1 Å². The van der Waals surface area contributed by atoms with Crippen molar-refractivity contribution in [2.75, 3.05) is 5.32 Å². The summed E-state index contributed by atoms with van der Waals surface area (Å²) in [4.78, 5) is 12.9. The van der Waals surface area contributed by atoms with Crippen molar-refractivity contribution < 1.29 is 4.79 Å². The van der Waals surface area contributed by atoms with Crippen LogP contribution in [0.4, 0.5) is 5.69 Å². The second kappa shape index (κ2) is 6.35. The predicted molar refractivity (Wildman–Crippen MR) is 95.8 cm³/mol. The van der Waals surface area contributed by atoms with Crippen molar-refractivity contribution >= 4 is 11.6 Å². The summed E-state index contributed by atoms with van der Waals surface area (Å²) in [6, 6.07) is 11.9. The molecule has 1 aromatic carbocycles. The largest absolute Gasteiger partial charge is 0.322 e. The molecule has 0 fully saturated rings. The Kier molecular flexibility index (Phi) is 4.25. The van der Waals surface area contributed by atoms with E-state index in [0.717, 1.165) is 34.9 Å². The molecule has 0 aliphatic carbocycles. The number of aromatic nitrogens is 3. The van der Waals surface area contributed by atoms with Gasteiger partial charge in [-0.3, -0.25) is 9.48 Å². The van der Waals surface area contributed by atoms with Crippen molar-refractivity contribution in [1.29, 1.82) is 0 Å². The number of hydrogen-bond acceptors (Lipinski definition) is 2. The molecule has 3 rings (SSSR count). The summed E-state index contributed by atoms with van der Waals surface area (Å²) >= 11 is 0. The molecule has 2 heterocycles. The summed E-state index contributed by atoms with van der Waals surface area (Å²) in [5, 5.41) is 7.32. The number of nitrogens with one attached hydrogen (secondary N) is 1. The molecule has 0 bridgehead atoms. The number of nitrogens with zero attached hydrogens (tertiary/aromatic N) is 3. The van der Waals surface area contributed by atoms with Crippen molar-refractivity contribution in [1.82, 2.24) is 14.3 Å². The van der Waals surface area contributed by atoms with E-state index >= 15 is 0 Å². The Morgan fingerprint density at radius 2 is 1.79 bits per heavy atom. The highest BCUT2D eigenvalue weighted by atomic mass is 16.1. The van der Waals surface area contributed by atoms with Gasteiger partial charge in [0.1, 0.15) is 11.4 Å². The van der Waals surface area contributed by atoms with Gasteiger partial charge in [0.25, 0.3) is 5.91 Å². The lowest BCUT2D eigenvalue weighted by atomic mass is 10.1. The van der Waals surface area contributed by atoms with Gasteiger partial charge in [-0.25, -0.2) is 0 Å². The molecule has 1 amide bonds. The zero-order valence-corrected chi connectivity index (χ0v) is 14.5. The van der Waals surface area contributed by atoms with Crippen LogP contribution in [0.2, 0.25) is 0 Å². The fourth-order valence-electron chi connectivity index (χ4n) is 3.00. The van der Waals surface area contributed by atoms with Gasteiger partial charge < -0.3 is 9.88 Å². The van der Waals surface area contributed by atoms with Gasteiger partial charge in [-0.2, -0.15) is 5.10 Å². The van der Waals surface area contributed by atoms with Crippen LogP contribution in [-0.4, -0.2) is 20.3 Å². The van der Waals surface area contributed by atoms with E-state index in [9.17, 15) is 4.79 Å². The number of para-hydroxylation sites is 1. The van der Waals surface area contributed by atoms with Crippen LogP contribution in [0.1, 0.15) is 34.2 Å². The lowest BCUT2D eigenvalue weighted by Gasteiger charge is -2.13. The highest BCUT2D eigenvalue weighted by Gasteiger charge is 2.20. The van der Waals surface area contributed by atoms with Crippen molar-refractivity contribution in [3.05, 3.63) is 65.1 Å².